The van der Waals surface area contributed by atoms with Crippen LogP contribution >= 0.6 is 7.92 Å². The van der Waals surface area contributed by atoms with Gasteiger partial charge in [0.15, 0.2) is 0 Å². The van der Waals surface area contributed by atoms with E-state index in [1.165, 1.54) is 0 Å². The molecular weight excluding hydrogens is 208 g/mol. The van der Waals surface area contributed by atoms with E-state index in [1.807, 2.05) is 0 Å². The van der Waals surface area contributed by atoms with Gasteiger partial charge in [-0.3, -0.25) is 0 Å². The van der Waals surface area contributed by atoms with Gasteiger partial charge in [0.2, 0.25) is 0 Å². The second kappa shape index (κ2) is 3.40. The summed E-state index contributed by atoms with van der Waals surface area (Å²) < 4.78 is 66.0. The van der Waals surface area contributed by atoms with E-state index in [0.29, 0.717) is 0 Å². The third-order valence-corrected chi connectivity index (χ3v) is 1.63. The van der Waals surface area contributed by atoms with Crippen LogP contribution in [0.3, 0.4) is 0 Å². The monoisotopic (exact) mass is 208 g/mol. The van der Waals surface area contributed by atoms with Crippen LogP contribution < -0.4 is 0 Å². The molecule has 0 heterocycles. The van der Waals surface area contributed by atoms with Crippen molar-refractivity contribution in [2.45, 2.75) is 5.51 Å². The molecular formula is C2F3O4PS. The van der Waals surface area contributed by atoms with Gasteiger partial charge in [-0.25, -0.2) is 0 Å². The molecule has 0 atom stereocenters. The first-order chi connectivity index (χ1) is 4.81. The molecule has 0 amide bonds. The van der Waals surface area contributed by atoms with E-state index in [1.54, 1.807) is 0 Å². The fourth-order valence-corrected chi connectivity index (χ4v) is 0.720. The Bertz CT molecular complexity index is 322. The minimum absolute atomic E-state index is 1.00. The number of hydrogen-bond donors (Lipinski definition) is 0. The van der Waals surface area contributed by atoms with Crippen molar-refractivity contribution >= 4 is 18.0 Å². The van der Waals surface area contributed by atoms with Crippen LogP contribution in [0.5, 0.6) is 0 Å². The summed E-state index contributed by atoms with van der Waals surface area (Å²) in [5.74, 6) is 1.00. The molecule has 0 radical (unpaired) electrons. The summed E-state index contributed by atoms with van der Waals surface area (Å²) in [6.45, 7) is 0. The minimum atomic E-state index is -5.68. The molecule has 0 saturated carbocycles. The number of hydrogen-bond acceptors (Lipinski definition) is 4. The zero-order valence-corrected chi connectivity index (χ0v) is 6.33. The second-order valence-electron chi connectivity index (χ2n) is 1.17. The fourth-order valence-electron chi connectivity index (χ4n) is 0.112. The van der Waals surface area contributed by atoms with Gasteiger partial charge in [0.25, 0.3) is 0 Å². The molecule has 0 aromatic rings. The van der Waals surface area contributed by atoms with Gasteiger partial charge in [-0.1, -0.05) is 0 Å². The molecule has 0 rings (SSSR count). The summed E-state index contributed by atoms with van der Waals surface area (Å²) in [5, 5.41) is 0. The van der Waals surface area contributed by atoms with Gasteiger partial charge in [-0.05, 0) is 0 Å². The topological polar surface area (TPSA) is 60.4 Å². The summed E-state index contributed by atoms with van der Waals surface area (Å²) in [7, 11) is -6.75. The van der Waals surface area contributed by atoms with Crippen LogP contribution in [0.25, 0.3) is 0 Å². The molecule has 0 aromatic heterocycles. The predicted octanol–water partition coefficient (Wildman–Crippen LogP) is 1.06. The van der Waals surface area contributed by atoms with Crippen molar-refractivity contribution < 1.29 is 30.3 Å². The normalized spacial score (nSPS) is 12.3. The average molecular weight is 208 g/mol. The second-order valence-corrected chi connectivity index (χ2v) is 3.07. The molecule has 0 fully saturated rings. The third-order valence-electron chi connectivity index (χ3n) is 0.468. The molecule has 0 aliphatic carbocycles. The molecule has 64 valence electrons. The molecule has 0 aromatic carbocycles. The van der Waals surface area contributed by atoms with E-state index in [9.17, 15) is 26.2 Å². The molecule has 0 unspecified atom stereocenters. The van der Waals surface area contributed by atoms with E-state index >= 15 is 0 Å². The Morgan fingerprint density at radius 3 is 2.09 bits per heavy atom. The molecule has 0 aliphatic heterocycles. The van der Waals surface area contributed by atoms with Crippen molar-refractivity contribution in [3.63, 3.8) is 0 Å². The Kier molecular flexibility index (Phi) is 3.31. The Balaban J connectivity index is 4.73. The van der Waals surface area contributed by atoms with Crippen LogP contribution in [0.2, 0.25) is 0 Å². The quantitative estimate of drug-likeness (QED) is 0.367. The Hall–Kier alpha value is -0.290. The molecule has 0 bridgehead atoms. The summed E-state index contributed by atoms with van der Waals surface area (Å²) in [5.41, 5.74) is -5.51. The molecule has 4 nitrogen and oxygen atoms in total. The van der Waals surface area contributed by atoms with Gasteiger partial charge in [0.1, 0.15) is 0 Å². The molecule has 0 aliphatic rings. The van der Waals surface area contributed by atoms with Crippen molar-refractivity contribution in [1.29, 1.82) is 0 Å². The van der Waals surface area contributed by atoms with Gasteiger partial charge < -0.3 is 0 Å². The Labute approximate surface area is 60.6 Å². The predicted molar refractivity (Wildman–Crippen MR) is 27.6 cm³/mol. The summed E-state index contributed by atoms with van der Waals surface area (Å²) in [6.07, 6.45) is 0. The van der Waals surface area contributed by atoms with Crippen LogP contribution in [-0.2, 0) is 18.9 Å². The molecule has 0 spiro atoms. The number of alkyl halides is 3. The van der Waals surface area contributed by atoms with Crippen LogP contribution in [0.1, 0.15) is 0 Å². The molecule has 0 N–H and O–H groups in total. The zero-order chi connectivity index (χ0) is 9.12. The molecule has 11 heavy (non-hydrogen) atoms. The van der Waals surface area contributed by atoms with Gasteiger partial charge >= 0.3 is 59.7 Å². The van der Waals surface area contributed by atoms with Crippen LogP contribution in [0, 0.1) is 5.81 Å². The standard InChI is InChI=1S/C2F3O4PS/c3-2(4,5)11(7,8)9-1-10-6. The number of rotatable bonds is 1. The van der Waals surface area contributed by atoms with Crippen molar-refractivity contribution in [1.82, 2.24) is 0 Å². The van der Waals surface area contributed by atoms with Crippen LogP contribution in [0.15, 0.2) is 0 Å². The van der Waals surface area contributed by atoms with Crippen LogP contribution in [-0.4, -0.2) is 13.9 Å². The van der Waals surface area contributed by atoms with E-state index < -0.39 is 23.5 Å². The first-order valence-electron chi connectivity index (χ1n) is 1.88. The van der Waals surface area contributed by atoms with Gasteiger partial charge in [-0.2, -0.15) is 0 Å². The van der Waals surface area contributed by atoms with Gasteiger partial charge in [-0.15, -0.1) is 0 Å². The zero-order valence-electron chi connectivity index (χ0n) is 4.62. The van der Waals surface area contributed by atoms with Crippen molar-refractivity contribution in [2.24, 2.45) is 0 Å². The fraction of sp³-hybridized carbons (Fsp3) is 0.500. The Morgan fingerprint density at radius 2 is 1.82 bits per heavy atom. The first kappa shape index (κ1) is 10.7. The van der Waals surface area contributed by atoms with Crippen molar-refractivity contribution in [3.8, 4) is 5.81 Å². The maximum atomic E-state index is 11.3. The van der Waals surface area contributed by atoms with Crippen molar-refractivity contribution in [3.05, 3.63) is 0 Å². The van der Waals surface area contributed by atoms with Gasteiger partial charge in [0, 0.05) is 0 Å². The molecule has 9 heteroatoms. The van der Waals surface area contributed by atoms with E-state index in [2.05, 4.69) is 4.18 Å². The van der Waals surface area contributed by atoms with Crippen LogP contribution in [0.4, 0.5) is 13.2 Å². The molecule has 0 saturated heterocycles. The first-order valence-corrected chi connectivity index (χ1v) is 4.10. The van der Waals surface area contributed by atoms with Crippen molar-refractivity contribution in [2.75, 3.05) is 0 Å². The number of halogens is 3. The third kappa shape index (κ3) is 3.07. The Morgan fingerprint density at radius 1 is 1.36 bits per heavy atom. The SMILES string of the molecule is O=P#COS(=O)(=O)C(F)(F)F. The van der Waals surface area contributed by atoms with E-state index in [-0.39, 0.29) is 0 Å². The average Bonchev–Trinajstić information content (AvgIpc) is 1.81. The summed E-state index contributed by atoms with van der Waals surface area (Å²) >= 11 is 0. The maximum absolute atomic E-state index is 11.3. The summed E-state index contributed by atoms with van der Waals surface area (Å²) in [6, 6.07) is 0. The van der Waals surface area contributed by atoms with E-state index in [0.717, 1.165) is 5.81 Å². The summed E-state index contributed by atoms with van der Waals surface area (Å²) in [4.78, 5) is 0. The van der Waals surface area contributed by atoms with E-state index in [4.69, 9.17) is 0 Å². The van der Waals surface area contributed by atoms with Gasteiger partial charge in [0.05, 0.1) is 0 Å².